The topological polar surface area (TPSA) is 24.5 Å². The van der Waals surface area contributed by atoms with Gasteiger partial charge in [-0.3, -0.25) is 0 Å². The van der Waals surface area contributed by atoms with E-state index in [0.29, 0.717) is 0 Å². The standard InChI is InChI=1S/C16H24N2O/c1-16(7-3-9-18(2)12-16)19-15-5-4-13-6-8-17-11-14(13)10-15/h4-5,10,17H,3,6-9,11-12H2,1-2H3. The van der Waals surface area contributed by atoms with Crippen LogP contribution in [0.4, 0.5) is 0 Å². The molecule has 0 aliphatic carbocycles. The Bertz CT molecular complexity index is 460. The first kappa shape index (κ1) is 12.9. The second-order valence-corrected chi connectivity index (χ2v) is 6.25. The summed E-state index contributed by atoms with van der Waals surface area (Å²) in [5.74, 6) is 1.03. The lowest BCUT2D eigenvalue weighted by atomic mass is 9.94. The molecule has 1 fully saturated rings. The Labute approximate surface area is 115 Å². The van der Waals surface area contributed by atoms with Crippen molar-refractivity contribution < 1.29 is 4.74 Å². The van der Waals surface area contributed by atoms with Gasteiger partial charge in [0.25, 0.3) is 0 Å². The largest absolute Gasteiger partial charge is 0.486 e. The molecule has 0 radical (unpaired) electrons. The highest BCUT2D eigenvalue weighted by Crippen LogP contribution is 2.28. The first-order chi connectivity index (χ1) is 9.15. The number of benzene rings is 1. The summed E-state index contributed by atoms with van der Waals surface area (Å²) in [5.41, 5.74) is 2.83. The van der Waals surface area contributed by atoms with Crippen molar-refractivity contribution in [2.45, 2.75) is 38.3 Å². The van der Waals surface area contributed by atoms with E-state index in [9.17, 15) is 0 Å². The quantitative estimate of drug-likeness (QED) is 0.882. The van der Waals surface area contributed by atoms with Crippen molar-refractivity contribution in [1.82, 2.24) is 10.2 Å². The van der Waals surface area contributed by atoms with Gasteiger partial charge >= 0.3 is 0 Å². The molecule has 2 aliphatic heterocycles. The third kappa shape index (κ3) is 2.93. The minimum absolute atomic E-state index is 0.0384. The van der Waals surface area contributed by atoms with E-state index in [1.165, 1.54) is 24.1 Å². The van der Waals surface area contributed by atoms with E-state index >= 15 is 0 Å². The first-order valence-corrected chi connectivity index (χ1v) is 7.35. The minimum Gasteiger partial charge on any atom is -0.486 e. The summed E-state index contributed by atoms with van der Waals surface area (Å²) in [7, 11) is 2.18. The van der Waals surface area contributed by atoms with Gasteiger partial charge in [-0.15, -0.1) is 0 Å². The highest BCUT2D eigenvalue weighted by molar-refractivity contribution is 5.37. The number of likely N-dealkylation sites (N-methyl/N-ethyl adjacent to an activating group) is 1. The number of rotatable bonds is 2. The van der Waals surface area contributed by atoms with Crippen LogP contribution in [0.5, 0.6) is 5.75 Å². The van der Waals surface area contributed by atoms with Crippen molar-refractivity contribution in [3.63, 3.8) is 0 Å². The summed E-state index contributed by atoms with van der Waals surface area (Å²) in [6.07, 6.45) is 3.50. The Morgan fingerprint density at radius 2 is 2.21 bits per heavy atom. The van der Waals surface area contributed by atoms with E-state index in [4.69, 9.17) is 4.74 Å². The van der Waals surface area contributed by atoms with Gasteiger partial charge in [0.2, 0.25) is 0 Å². The Hall–Kier alpha value is -1.06. The Balaban J connectivity index is 1.75. The van der Waals surface area contributed by atoms with Gasteiger partial charge in [0.15, 0.2) is 0 Å². The summed E-state index contributed by atoms with van der Waals surface area (Å²) >= 11 is 0. The molecule has 1 unspecified atom stereocenters. The van der Waals surface area contributed by atoms with E-state index in [1.807, 2.05) is 0 Å². The van der Waals surface area contributed by atoms with Crippen LogP contribution >= 0.6 is 0 Å². The Morgan fingerprint density at radius 1 is 1.32 bits per heavy atom. The van der Waals surface area contributed by atoms with Crippen LogP contribution in [0.1, 0.15) is 30.9 Å². The average Bonchev–Trinajstić information content (AvgIpc) is 2.38. The van der Waals surface area contributed by atoms with Gasteiger partial charge in [0.05, 0.1) is 0 Å². The van der Waals surface area contributed by atoms with Crippen LogP contribution in [0.3, 0.4) is 0 Å². The molecule has 0 aromatic heterocycles. The number of fused-ring (bicyclic) bond motifs is 1. The molecule has 2 aliphatic rings. The Kier molecular flexibility index (Phi) is 3.50. The maximum Gasteiger partial charge on any atom is 0.120 e. The molecule has 0 saturated carbocycles. The molecule has 1 N–H and O–H groups in total. The van der Waals surface area contributed by atoms with Crippen LogP contribution in [0.15, 0.2) is 18.2 Å². The zero-order valence-electron chi connectivity index (χ0n) is 12.0. The molecule has 1 aromatic carbocycles. The maximum atomic E-state index is 6.31. The Morgan fingerprint density at radius 3 is 3.05 bits per heavy atom. The molecular weight excluding hydrogens is 236 g/mol. The summed E-state index contributed by atoms with van der Waals surface area (Å²) in [4.78, 5) is 2.36. The molecule has 0 bridgehead atoms. The van der Waals surface area contributed by atoms with Crippen molar-refractivity contribution in [2.24, 2.45) is 0 Å². The van der Waals surface area contributed by atoms with Crippen LogP contribution in [0.2, 0.25) is 0 Å². The normalized spacial score (nSPS) is 27.9. The van der Waals surface area contributed by atoms with Crippen molar-refractivity contribution >= 4 is 0 Å². The van der Waals surface area contributed by atoms with Crippen LogP contribution in [0.25, 0.3) is 0 Å². The third-order valence-electron chi connectivity index (χ3n) is 4.28. The van der Waals surface area contributed by atoms with E-state index in [0.717, 1.165) is 38.2 Å². The monoisotopic (exact) mass is 260 g/mol. The lowest BCUT2D eigenvalue weighted by molar-refractivity contribution is 0.0155. The summed E-state index contributed by atoms with van der Waals surface area (Å²) in [6, 6.07) is 6.60. The number of likely N-dealkylation sites (tertiary alicyclic amines) is 1. The average molecular weight is 260 g/mol. The van der Waals surface area contributed by atoms with Gasteiger partial charge in [0, 0.05) is 13.1 Å². The number of nitrogens with one attached hydrogen (secondary N) is 1. The van der Waals surface area contributed by atoms with E-state index in [1.54, 1.807) is 0 Å². The number of hydrogen-bond acceptors (Lipinski definition) is 3. The smallest absolute Gasteiger partial charge is 0.120 e. The van der Waals surface area contributed by atoms with Crippen molar-refractivity contribution in [3.05, 3.63) is 29.3 Å². The molecule has 0 spiro atoms. The summed E-state index contributed by atoms with van der Waals surface area (Å²) < 4.78 is 6.31. The molecule has 1 aromatic rings. The minimum atomic E-state index is -0.0384. The molecule has 2 heterocycles. The van der Waals surface area contributed by atoms with Crippen LogP contribution in [-0.4, -0.2) is 37.2 Å². The molecule has 1 atom stereocenters. The fourth-order valence-electron chi connectivity index (χ4n) is 3.34. The lowest BCUT2D eigenvalue weighted by Gasteiger charge is -2.39. The summed E-state index contributed by atoms with van der Waals surface area (Å²) in [6.45, 7) is 6.51. The lowest BCUT2D eigenvalue weighted by Crippen LogP contribution is -2.48. The summed E-state index contributed by atoms with van der Waals surface area (Å²) in [5, 5.41) is 3.42. The molecule has 3 heteroatoms. The molecule has 19 heavy (non-hydrogen) atoms. The fraction of sp³-hybridized carbons (Fsp3) is 0.625. The van der Waals surface area contributed by atoms with Gasteiger partial charge in [-0.25, -0.2) is 0 Å². The predicted molar refractivity (Wildman–Crippen MR) is 77.6 cm³/mol. The highest BCUT2D eigenvalue weighted by atomic mass is 16.5. The number of hydrogen-bond donors (Lipinski definition) is 1. The number of ether oxygens (including phenoxy) is 1. The molecule has 3 nitrogen and oxygen atoms in total. The molecule has 3 rings (SSSR count). The van der Waals surface area contributed by atoms with Gasteiger partial charge < -0.3 is 15.0 Å². The van der Waals surface area contributed by atoms with Gasteiger partial charge in [-0.1, -0.05) is 6.07 Å². The SMILES string of the molecule is CN1CCCC(C)(Oc2ccc3c(c2)CNCC3)C1. The molecule has 1 saturated heterocycles. The molecular formula is C16H24N2O. The van der Waals surface area contributed by atoms with E-state index < -0.39 is 0 Å². The van der Waals surface area contributed by atoms with Crippen LogP contribution in [-0.2, 0) is 13.0 Å². The first-order valence-electron chi connectivity index (χ1n) is 7.35. The third-order valence-corrected chi connectivity index (χ3v) is 4.28. The maximum absolute atomic E-state index is 6.31. The molecule has 104 valence electrons. The van der Waals surface area contributed by atoms with Crippen molar-refractivity contribution in [3.8, 4) is 5.75 Å². The van der Waals surface area contributed by atoms with Crippen LogP contribution in [0, 0.1) is 0 Å². The second-order valence-electron chi connectivity index (χ2n) is 6.25. The molecule has 0 amide bonds. The zero-order valence-corrected chi connectivity index (χ0v) is 12.0. The number of piperidine rings is 1. The number of nitrogens with zero attached hydrogens (tertiary/aromatic N) is 1. The zero-order chi connectivity index (χ0) is 13.3. The predicted octanol–water partition coefficient (Wildman–Crippen LogP) is 2.20. The van der Waals surface area contributed by atoms with E-state index in [2.05, 4.69) is 42.4 Å². The second kappa shape index (κ2) is 5.14. The fourth-order valence-corrected chi connectivity index (χ4v) is 3.34. The van der Waals surface area contributed by atoms with Gasteiger partial charge in [-0.2, -0.15) is 0 Å². The van der Waals surface area contributed by atoms with Crippen LogP contribution < -0.4 is 10.1 Å². The van der Waals surface area contributed by atoms with Gasteiger partial charge in [-0.05, 0) is 69.6 Å². The highest BCUT2D eigenvalue weighted by Gasteiger charge is 2.31. The van der Waals surface area contributed by atoms with Crippen molar-refractivity contribution in [2.75, 3.05) is 26.7 Å². The van der Waals surface area contributed by atoms with Crippen molar-refractivity contribution in [1.29, 1.82) is 0 Å². The van der Waals surface area contributed by atoms with E-state index in [-0.39, 0.29) is 5.60 Å². The van der Waals surface area contributed by atoms with Gasteiger partial charge in [0.1, 0.15) is 11.4 Å².